The van der Waals surface area contributed by atoms with E-state index in [0.717, 1.165) is 19.4 Å². The van der Waals surface area contributed by atoms with E-state index < -0.39 is 24.4 Å². The van der Waals surface area contributed by atoms with Gasteiger partial charge in [0.2, 0.25) is 0 Å². The number of unbranched alkanes of at least 4 members (excludes halogenated alkanes) is 1. The largest absolute Gasteiger partial charge is 0.390 e. The molecular weight excluding hydrogens is 258 g/mol. The molecule has 18 heavy (non-hydrogen) atoms. The SMILES string of the molecule is CCCNCC(O)C(O)C(O)C(O)CCCCCl. The second-order valence-electron chi connectivity index (χ2n) is 4.50. The Labute approximate surface area is 114 Å². The predicted octanol–water partition coefficient (Wildman–Crippen LogP) is -0.161. The number of halogens is 1. The summed E-state index contributed by atoms with van der Waals surface area (Å²) in [6.07, 6.45) is -2.09. The Hall–Kier alpha value is 0.0900. The van der Waals surface area contributed by atoms with Gasteiger partial charge in [-0.1, -0.05) is 6.92 Å². The fraction of sp³-hybridized carbons (Fsp3) is 1.00. The number of hydrogen-bond acceptors (Lipinski definition) is 5. The van der Waals surface area contributed by atoms with Crippen molar-refractivity contribution in [3.8, 4) is 0 Å². The zero-order chi connectivity index (χ0) is 14.0. The van der Waals surface area contributed by atoms with Gasteiger partial charge in [0.1, 0.15) is 12.2 Å². The molecule has 0 rings (SSSR count). The predicted molar refractivity (Wildman–Crippen MR) is 71.8 cm³/mol. The van der Waals surface area contributed by atoms with E-state index in [0.29, 0.717) is 18.7 Å². The zero-order valence-electron chi connectivity index (χ0n) is 10.9. The van der Waals surface area contributed by atoms with Gasteiger partial charge in [-0.2, -0.15) is 0 Å². The first-order valence-corrected chi connectivity index (χ1v) is 7.07. The van der Waals surface area contributed by atoms with Crippen molar-refractivity contribution in [1.29, 1.82) is 0 Å². The fourth-order valence-electron chi connectivity index (χ4n) is 1.62. The average molecular weight is 284 g/mol. The Bertz CT molecular complexity index is 177. The minimum atomic E-state index is -1.35. The quantitative estimate of drug-likeness (QED) is 0.268. The molecule has 0 aliphatic heterocycles. The van der Waals surface area contributed by atoms with E-state index in [4.69, 9.17) is 11.6 Å². The molecule has 0 amide bonds. The van der Waals surface area contributed by atoms with E-state index in [2.05, 4.69) is 5.32 Å². The molecule has 0 saturated heterocycles. The van der Waals surface area contributed by atoms with Crippen molar-refractivity contribution in [2.45, 2.75) is 57.0 Å². The third-order valence-corrected chi connectivity index (χ3v) is 3.07. The molecule has 0 saturated carbocycles. The lowest BCUT2D eigenvalue weighted by molar-refractivity contribution is -0.105. The van der Waals surface area contributed by atoms with Crippen LogP contribution in [0.25, 0.3) is 0 Å². The van der Waals surface area contributed by atoms with Crippen molar-refractivity contribution >= 4 is 11.6 Å². The number of nitrogens with one attached hydrogen (secondary N) is 1. The minimum absolute atomic E-state index is 0.195. The van der Waals surface area contributed by atoms with Crippen LogP contribution in [0.5, 0.6) is 0 Å². The molecule has 5 nitrogen and oxygen atoms in total. The lowest BCUT2D eigenvalue weighted by Gasteiger charge is -2.26. The monoisotopic (exact) mass is 283 g/mol. The van der Waals surface area contributed by atoms with E-state index in [9.17, 15) is 20.4 Å². The number of aliphatic hydroxyl groups is 4. The van der Waals surface area contributed by atoms with Gasteiger partial charge in [-0.05, 0) is 32.2 Å². The van der Waals surface area contributed by atoms with Crippen LogP contribution in [0, 0.1) is 0 Å². The first-order chi connectivity index (χ1) is 8.54. The van der Waals surface area contributed by atoms with Gasteiger partial charge in [0, 0.05) is 12.4 Å². The van der Waals surface area contributed by atoms with Crippen LogP contribution in [0.4, 0.5) is 0 Å². The highest BCUT2D eigenvalue weighted by Gasteiger charge is 2.29. The molecule has 0 aromatic rings. The number of rotatable bonds is 11. The molecule has 4 unspecified atom stereocenters. The van der Waals surface area contributed by atoms with Crippen molar-refractivity contribution in [3.63, 3.8) is 0 Å². The van der Waals surface area contributed by atoms with Gasteiger partial charge in [-0.25, -0.2) is 0 Å². The van der Waals surface area contributed by atoms with Crippen molar-refractivity contribution in [2.75, 3.05) is 19.0 Å². The first kappa shape index (κ1) is 18.1. The van der Waals surface area contributed by atoms with E-state index >= 15 is 0 Å². The highest BCUT2D eigenvalue weighted by Crippen LogP contribution is 2.11. The molecule has 5 N–H and O–H groups in total. The van der Waals surface area contributed by atoms with Crippen LogP contribution in [0.15, 0.2) is 0 Å². The highest BCUT2D eigenvalue weighted by molar-refractivity contribution is 6.17. The Morgan fingerprint density at radius 3 is 2.17 bits per heavy atom. The Morgan fingerprint density at radius 1 is 1.00 bits per heavy atom. The summed E-state index contributed by atoms with van der Waals surface area (Å²) in [6, 6.07) is 0. The molecule has 0 bridgehead atoms. The highest BCUT2D eigenvalue weighted by atomic mass is 35.5. The van der Waals surface area contributed by atoms with Gasteiger partial charge in [0.05, 0.1) is 12.2 Å². The van der Waals surface area contributed by atoms with Gasteiger partial charge in [0.25, 0.3) is 0 Å². The van der Waals surface area contributed by atoms with Crippen LogP contribution in [0.3, 0.4) is 0 Å². The lowest BCUT2D eigenvalue weighted by atomic mass is 9.99. The van der Waals surface area contributed by atoms with Gasteiger partial charge in [0.15, 0.2) is 0 Å². The van der Waals surface area contributed by atoms with Crippen LogP contribution >= 0.6 is 11.6 Å². The van der Waals surface area contributed by atoms with E-state index in [1.807, 2.05) is 6.92 Å². The van der Waals surface area contributed by atoms with E-state index in [-0.39, 0.29) is 6.54 Å². The first-order valence-electron chi connectivity index (χ1n) is 6.53. The summed E-state index contributed by atoms with van der Waals surface area (Å²) in [7, 11) is 0. The summed E-state index contributed by atoms with van der Waals surface area (Å²) in [5, 5.41) is 41.6. The third-order valence-electron chi connectivity index (χ3n) is 2.80. The summed E-state index contributed by atoms with van der Waals surface area (Å²) < 4.78 is 0. The molecule has 0 spiro atoms. The minimum Gasteiger partial charge on any atom is -0.390 e. The average Bonchev–Trinajstić information content (AvgIpc) is 2.37. The van der Waals surface area contributed by atoms with Gasteiger partial charge in [-0.3, -0.25) is 0 Å². The van der Waals surface area contributed by atoms with Crippen molar-refractivity contribution < 1.29 is 20.4 Å². The Kier molecular flexibility index (Phi) is 11.0. The molecular formula is C12H26ClNO4. The van der Waals surface area contributed by atoms with Crippen molar-refractivity contribution in [2.24, 2.45) is 0 Å². The molecule has 0 aliphatic rings. The maximum atomic E-state index is 9.69. The Morgan fingerprint density at radius 2 is 1.61 bits per heavy atom. The van der Waals surface area contributed by atoms with Crippen LogP contribution in [0.2, 0.25) is 0 Å². The number of aliphatic hydroxyl groups excluding tert-OH is 4. The maximum Gasteiger partial charge on any atom is 0.109 e. The second kappa shape index (κ2) is 11.0. The van der Waals surface area contributed by atoms with Crippen LogP contribution < -0.4 is 5.32 Å². The maximum absolute atomic E-state index is 9.69. The molecule has 0 fully saturated rings. The second-order valence-corrected chi connectivity index (χ2v) is 4.88. The Balaban J connectivity index is 3.93. The summed E-state index contributed by atoms with van der Waals surface area (Å²) in [4.78, 5) is 0. The van der Waals surface area contributed by atoms with E-state index in [1.165, 1.54) is 0 Å². The molecule has 0 heterocycles. The standard InChI is InChI=1S/C12H26ClNO4/c1-2-7-14-8-10(16)12(18)11(17)9(15)5-3-4-6-13/h9-12,14-18H,2-8H2,1H3. The summed E-state index contributed by atoms with van der Waals surface area (Å²) in [5.41, 5.74) is 0. The van der Waals surface area contributed by atoms with Gasteiger partial charge in [-0.15, -0.1) is 11.6 Å². The topological polar surface area (TPSA) is 93.0 Å². The fourth-order valence-corrected chi connectivity index (χ4v) is 1.81. The summed E-state index contributed by atoms with van der Waals surface area (Å²) in [5.74, 6) is 0.509. The lowest BCUT2D eigenvalue weighted by Crippen LogP contribution is -2.48. The van der Waals surface area contributed by atoms with Crippen LogP contribution in [-0.2, 0) is 0 Å². The molecule has 6 heteroatoms. The van der Waals surface area contributed by atoms with Crippen LogP contribution in [0.1, 0.15) is 32.6 Å². The molecule has 0 aliphatic carbocycles. The number of alkyl halides is 1. The smallest absolute Gasteiger partial charge is 0.109 e. The van der Waals surface area contributed by atoms with Crippen molar-refractivity contribution in [3.05, 3.63) is 0 Å². The molecule has 4 atom stereocenters. The summed E-state index contributed by atoms with van der Waals surface area (Å²) >= 11 is 5.51. The van der Waals surface area contributed by atoms with Gasteiger partial charge >= 0.3 is 0 Å². The normalized spacial score (nSPS) is 18.3. The molecule has 110 valence electrons. The van der Waals surface area contributed by atoms with E-state index in [1.54, 1.807) is 0 Å². The number of hydrogen-bond donors (Lipinski definition) is 5. The van der Waals surface area contributed by atoms with Gasteiger partial charge < -0.3 is 25.7 Å². The summed E-state index contributed by atoms with van der Waals surface area (Å²) in [6.45, 7) is 2.92. The zero-order valence-corrected chi connectivity index (χ0v) is 11.7. The van der Waals surface area contributed by atoms with Crippen LogP contribution in [-0.4, -0.2) is 63.8 Å². The molecule has 0 aromatic heterocycles. The van der Waals surface area contributed by atoms with Crippen molar-refractivity contribution in [1.82, 2.24) is 5.32 Å². The molecule has 0 aromatic carbocycles. The third kappa shape index (κ3) is 7.51. The molecule has 0 radical (unpaired) electrons.